The van der Waals surface area contributed by atoms with Gasteiger partial charge in [-0.25, -0.2) is 9.78 Å². The second-order valence-electron chi connectivity index (χ2n) is 3.39. The smallest absolute Gasteiger partial charge is 0.413 e. The van der Waals surface area contributed by atoms with Crippen LogP contribution in [0.2, 0.25) is 0 Å². The van der Waals surface area contributed by atoms with Gasteiger partial charge in [0.25, 0.3) is 0 Å². The van der Waals surface area contributed by atoms with Crippen molar-refractivity contribution >= 4 is 41.1 Å². The molecule has 1 heterocycles. The molecule has 0 atom stereocenters. The number of carboxylic acid groups (broad SMARTS) is 1. The van der Waals surface area contributed by atoms with E-state index in [9.17, 15) is 14.4 Å². The number of thioether (sulfide) groups is 1. The molecule has 2 amide bonds. The number of amides is 2. The summed E-state index contributed by atoms with van der Waals surface area (Å²) in [6, 6.07) is 0. The van der Waals surface area contributed by atoms with Gasteiger partial charge >= 0.3 is 12.1 Å². The molecule has 7 nitrogen and oxygen atoms in total. The Hall–Kier alpha value is -1.61. The fourth-order valence-corrected chi connectivity index (χ4v) is 3.12. The van der Waals surface area contributed by atoms with Crippen LogP contribution in [0, 0.1) is 6.92 Å². The molecule has 0 aliphatic carbocycles. The first-order chi connectivity index (χ1) is 8.92. The zero-order valence-corrected chi connectivity index (χ0v) is 11.9. The summed E-state index contributed by atoms with van der Waals surface area (Å²) in [5.41, 5.74) is 0.642. The molecular formula is C10H12N2O5S2. The molecule has 1 aromatic heterocycles. The second-order valence-corrected chi connectivity index (χ2v) is 5.69. The van der Waals surface area contributed by atoms with Gasteiger partial charge in [-0.15, -0.1) is 11.3 Å². The van der Waals surface area contributed by atoms with Crippen LogP contribution in [0.15, 0.2) is 4.34 Å². The van der Waals surface area contributed by atoms with Crippen LogP contribution in [-0.4, -0.2) is 40.9 Å². The SMILES string of the molecule is COC(=O)NC(=O)CSc1nc(C)c(CC(=O)O)s1. The van der Waals surface area contributed by atoms with E-state index in [1.165, 1.54) is 11.3 Å². The van der Waals surface area contributed by atoms with Crippen molar-refractivity contribution in [3.8, 4) is 0 Å². The zero-order chi connectivity index (χ0) is 14.4. The first-order valence-corrected chi connectivity index (χ1v) is 6.91. The molecule has 19 heavy (non-hydrogen) atoms. The molecule has 1 rings (SSSR count). The van der Waals surface area contributed by atoms with Crippen LogP contribution in [0.25, 0.3) is 0 Å². The molecule has 0 saturated heterocycles. The van der Waals surface area contributed by atoms with E-state index < -0.39 is 18.0 Å². The van der Waals surface area contributed by atoms with Crippen LogP contribution in [-0.2, 0) is 20.7 Å². The van der Waals surface area contributed by atoms with Gasteiger partial charge in [-0.1, -0.05) is 11.8 Å². The largest absolute Gasteiger partial charge is 0.481 e. The Labute approximate surface area is 117 Å². The van der Waals surface area contributed by atoms with E-state index in [1.54, 1.807) is 6.92 Å². The number of aliphatic carboxylic acids is 1. The van der Waals surface area contributed by atoms with Crippen molar-refractivity contribution in [1.82, 2.24) is 10.3 Å². The average Bonchev–Trinajstić information content (AvgIpc) is 2.66. The number of imide groups is 1. The third-order valence-corrected chi connectivity index (χ3v) is 4.24. The Morgan fingerprint density at radius 1 is 1.47 bits per heavy atom. The van der Waals surface area contributed by atoms with Gasteiger partial charge in [-0.3, -0.25) is 14.9 Å². The van der Waals surface area contributed by atoms with Gasteiger partial charge in [0.15, 0.2) is 4.34 Å². The van der Waals surface area contributed by atoms with Crippen molar-refractivity contribution in [2.24, 2.45) is 0 Å². The summed E-state index contributed by atoms with van der Waals surface area (Å²) in [4.78, 5) is 37.5. The standard InChI is InChI=1S/C10H12N2O5S2/c1-5-6(3-8(14)15)19-10(11-5)18-4-7(13)12-9(16)17-2/h3-4H2,1-2H3,(H,14,15)(H,12,13,16). The summed E-state index contributed by atoms with van der Waals surface area (Å²) < 4.78 is 4.87. The summed E-state index contributed by atoms with van der Waals surface area (Å²) in [6.45, 7) is 1.72. The van der Waals surface area contributed by atoms with E-state index >= 15 is 0 Å². The van der Waals surface area contributed by atoms with Gasteiger partial charge in [-0.2, -0.15) is 0 Å². The predicted molar refractivity (Wildman–Crippen MR) is 69.5 cm³/mol. The average molecular weight is 304 g/mol. The van der Waals surface area contributed by atoms with Crippen LogP contribution >= 0.6 is 23.1 Å². The van der Waals surface area contributed by atoms with E-state index in [0.717, 1.165) is 18.9 Å². The summed E-state index contributed by atoms with van der Waals surface area (Å²) >= 11 is 2.37. The van der Waals surface area contributed by atoms with Gasteiger partial charge in [-0.05, 0) is 6.92 Å². The molecule has 0 saturated carbocycles. The lowest BCUT2D eigenvalue weighted by molar-refractivity contribution is -0.136. The number of carboxylic acids is 1. The molecule has 1 aromatic rings. The molecule has 0 fully saturated rings. The molecule has 104 valence electrons. The molecule has 0 aliphatic rings. The number of nitrogens with one attached hydrogen (secondary N) is 1. The number of ether oxygens (including phenoxy) is 1. The van der Waals surface area contributed by atoms with Gasteiger partial charge < -0.3 is 9.84 Å². The first kappa shape index (κ1) is 15.4. The quantitative estimate of drug-likeness (QED) is 0.783. The molecule has 2 N–H and O–H groups in total. The minimum atomic E-state index is -0.924. The zero-order valence-electron chi connectivity index (χ0n) is 10.3. The lowest BCUT2D eigenvalue weighted by atomic mass is 10.3. The topological polar surface area (TPSA) is 106 Å². The molecule has 9 heteroatoms. The maximum atomic E-state index is 11.3. The van der Waals surface area contributed by atoms with Crippen LogP contribution in [0.1, 0.15) is 10.6 Å². The first-order valence-electron chi connectivity index (χ1n) is 5.11. The number of thiazole rings is 1. The Morgan fingerprint density at radius 2 is 2.16 bits per heavy atom. The van der Waals surface area contributed by atoms with E-state index in [1.807, 2.05) is 5.32 Å². The van der Waals surface area contributed by atoms with Gasteiger partial charge in [0, 0.05) is 4.88 Å². The van der Waals surface area contributed by atoms with Crippen LogP contribution in [0.3, 0.4) is 0 Å². The molecular weight excluding hydrogens is 292 g/mol. The van der Waals surface area contributed by atoms with E-state index in [2.05, 4.69) is 9.72 Å². The van der Waals surface area contributed by atoms with Gasteiger partial charge in [0.05, 0.1) is 25.0 Å². The number of aromatic nitrogens is 1. The maximum Gasteiger partial charge on any atom is 0.413 e. The fraction of sp³-hybridized carbons (Fsp3) is 0.400. The molecule has 0 aliphatic heterocycles. The number of nitrogens with zero attached hydrogens (tertiary/aromatic N) is 1. The molecule has 0 bridgehead atoms. The van der Waals surface area contributed by atoms with Crippen LogP contribution in [0.4, 0.5) is 4.79 Å². The predicted octanol–water partition coefficient (Wildman–Crippen LogP) is 1.05. The number of rotatable bonds is 5. The number of carbonyl (C=O) groups is 3. The Bertz CT molecular complexity index is 500. The molecule has 0 unspecified atom stereocenters. The number of methoxy groups -OCH3 is 1. The normalized spacial score (nSPS) is 10.0. The van der Waals surface area contributed by atoms with Crippen molar-refractivity contribution in [2.75, 3.05) is 12.9 Å². The number of carbonyl (C=O) groups excluding carboxylic acids is 2. The minimum Gasteiger partial charge on any atom is -0.481 e. The number of hydrogen-bond donors (Lipinski definition) is 2. The highest BCUT2D eigenvalue weighted by Gasteiger charge is 2.13. The van der Waals surface area contributed by atoms with E-state index in [4.69, 9.17) is 5.11 Å². The van der Waals surface area contributed by atoms with E-state index in [-0.39, 0.29) is 12.2 Å². The van der Waals surface area contributed by atoms with Crippen LogP contribution < -0.4 is 5.32 Å². The van der Waals surface area contributed by atoms with Gasteiger partial charge in [0.2, 0.25) is 5.91 Å². The summed E-state index contributed by atoms with van der Waals surface area (Å²) in [5, 5.41) is 10.7. The highest BCUT2D eigenvalue weighted by molar-refractivity contribution is 8.01. The van der Waals surface area contributed by atoms with Crippen molar-refractivity contribution in [3.05, 3.63) is 10.6 Å². The highest BCUT2D eigenvalue weighted by Crippen LogP contribution is 2.27. The molecule has 0 radical (unpaired) electrons. The fourth-order valence-electron chi connectivity index (χ4n) is 1.09. The van der Waals surface area contributed by atoms with Crippen molar-refractivity contribution in [1.29, 1.82) is 0 Å². The number of aryl methyl sites for hydroxylation is 1. The Morgan fingerprint density at radius 3 is 2.74 bits per heavy atom. The monoisotopic (exact) mass is 304 g/mol. The molecule has 0 aromatic carbocycles. The van der Waals surface area contributed by atoms with Crippen LogP contribution in [0.5, 0.6) is 0 Å². The third-order valence-electron chi connectivity index (χ3n) is 1.94. The molecule has 0 spiro atoms. The minimum absolute atomic E-state index is 0.00850. The highest BCUT2D eigenvalue weighted by atomic mass is 32.2. The summed E-state index contributed by atoms with van der Waals surface area (Å²) in [5.74, 6) is -1.41. The second kappa shape index (κ2) is 7.10. The maximum absolute atomic E-state index is 11.3. The lowest BCUT2D eigenvalue weighted by Crippen LogP contribution is -2.31. The summed E-state index contributed by atoms with van der Waals surface area (Å²) in [6.07, 6.45) is -0.897. The van der Waals surface area contributed by atoms with Crippen molar-refractivity contribution < 1.29 is 24.2 Å². The number of alkyl carbamates (subject to hydrolysis) is 1. The van der Waals surface area contributed by atoms with Gasteiger partial charge in [0.1, 0.15) is 0 Å². The third kappa shape index (κ3) is 5.26. The summed E-state index contributed by atoms with van der Waals surface area (Å²) in [7, 11) is 1.16. The Balaban J connectivity index is 2.52. The number of hydrogen-bond acceptors (Lipinski definition) is 7. The van der Waals surface area contributed by atoms with Crippen molar-refractivity contribution in [2.45, 2.75) is 17.7 Å². The van der Waals surface area contributed by atoms with Crippen molar-refractivity contribution in [3.63, 3.8) is 0 Å². The van der Waals surface area contributed by atoms with E-state index in [0.29, 0.717) is 14.9 Å². The lowest BCUT2D eigenvalue weighted by Gasteiger charge is -2.00. The Kier molecular flexibility index (Phi) is 5.77.